The first kappa shape index (κ1) is 17.2. The summed E-state index contributed by atoms with van der Waals surface area (Å²) in [6.07, 6.45) is 4.24. The van der Waals surface area contributed by atoms with E-state index in [1.165, 1.54) is 16.0 Å². The Morgan fingerprint density at radius 2 is 1.00 bits per heavy atom. The van der Waals surface area contributed by atoms with Gasteiger partial charge < -0.3 is 0 Å². The van der Waals surface area contributed by atoms with Crippen LogP contribution < -0.4 is 10.4 Å². The predicted octanol–water partition coefficient (Wildman–Crippen LogP) is 4.31. The van der Waals surface area contributed by atoms with Crippen molar-refractivity contribution in [2.75, 3.05) is 0 Å². The lowest BCUT2D eigenvalue weighted by molar-refractivity contribution is 1.48. The van der Waals surface area contributed by atoms with Crippen LogP contribution in [0.1, 0.15) is 33.3 Å². The molecule has 0 bridgehead atoms. The Morgan fingerprint density at radius 1 is 0.632 bits per heavy atom. The maximum atomic E-state index is 2.12. The van der Waals surface area contributed by atoms with E-state index in [0.717, 1.165) is 0 Å². The van der Waals surface area contributed by atoms with Crippen LogP contribution in [0.2, 0.25) is 0 Å². The van der Waals surface area contributed by atoms with Gasteiger partial charge in [0.05, 0.1) is 0 Å². The second-order valence-electron chi connectivity index (χ2n) is 3.86. The molecule has 0 heterocycles. The number of hydrogen-bond acceptors (Lipinski definition) is 0. The van der Waals surface area contributed by atoms with Gasteiger partial charge in [0.1, 0.15) is 0 Å². The molecule has 0 aliphatic rings. The van der Waals surface area contributed by atoms with Crippen molar-refractivity contribution in [3.8, 4) is 0 Å². The van der Waals surface area contributed by atoms with Crippen molar-refractivity contribution in [1.29, 1.82) is 0 Å². The Labute approximate surface area is 118 Å². The molecule has 102 valence electrons. The van der Waals surface area contributed by atoms with Crippen molar-refractivity contribution in [1.82, 2.24) is 0 Å². The van der Waals surface area contributed by atoms with Crippen LogP contribution in [-0.4, -0.2) is 0 Å². The highest BCUT2D eigenvalue weighted by atomic mass is 13.8. The van der Waals surface area contributed by atoms with E-state index in [1.807, 2.05) is 32.0 Å². The number of benzene rings is 2. The topological polar surface area (TPSA) is 0 Å². The largest absolute Gasteiger partial charge is 0.0798 e. The van der Waals surface area contributed by atoms with E-state index < -0.39 is 0 Å². The molecule has 0 spiro atoms. The maximum absolute atomic E-state index is 2.12. The lowest BCUT2D eigenvalue weighted by Gasteiger charge is -1.85. The summed E-state index contributed by atoms with van der Waals surface area (Å²) in [6.45, 7) is 10.2. The van der Waals surface area contributed by atoms with Crippen LogP contribution in [0.5, 0.6) is 0 Å². The lowest BCUT2D eigenvalue weighted by atomic mass is 10.2. The zero-order valence-electron chi connectivity index (χ0n) is 12.9. The summed E-state index contributed by atoms with van der Waals surface area (Å²) >= 11 is 0. The fourth-order valence-corrected chi connectivity index (χ4v) is 1.57. The van der Waals surface area contributed by atoms with Gasteiger partial charge in [-0.15, -0.1) is 0 Å². The van der Waals surface area contributed by atoms with Crippen LogP contribution in [0.4, 0.5) is 0 Å². The fourth-order valence-electron chi connectivity index (χ4n) is 1.57. The van der Waals surface area contributed by atoms with Crippen molar-refractivity contribution in [3.05, 3.63) is 70.6 Å². The third-order valence-electron chi connectivity index (χ3n) is 2.56. The average Bonchev–Trinajstić information content (AvgIpc) is 2.50. The maximum Gasteiger partial charge on any atom is -0.0230 e. The zero-order valence-corrected chi connectivity index (χ0v) is 12.9. The van der Waals surface area contributed by atoms with Crippen LogP contribution >= 0.6 is 0 Å². The average molecular weight is 254 g/mol. The standard InChI is InChI=1S/C10H12.C7H8.C2H6/c1-3-9-7-5-6-8-10(9)4-2;1-7-5-3-2-4-6-7;1-2/h3-8H,1-2H3;2-6H,1H3;1-2H3/b9-3-,10-4-;;. The highest BCUT2D eigenvalue weighted by Crippen LogP contribution is 1.92. The van der Waals surface area contributed by atoms with Gasteiger partial charge >= 0.3 is 0 Å². The summed E-state index contributed by atoms with van der Waals surface area (Å²) in [5.41, 5.74) is 1.32. The van der Waals surface area contributed by atoms with E-state index in [4.69, 9.17) is 0 Å². The minimum absolute atomic E-state index is 1.31. The molecule has 0 amide bonds. The van der Waals surface area contributed by atoms with E-state index >= 15 is 0 Å². The molecule has 19 heavy (non-hydrogen) atoms. The minimum Gasteiger partial charge on any atom is -0.0798 e. The molecule has 2 aromatic carbocycles. The smallest absolute Gasteiger partial charge is 0.0230 e. The van der Waals surface area contributed by atoms with Gasteiger partial charge in [-0.2, -0.15) is 0 Å². The Balaban J connectivity index is 0.000000316. The highest BCUT2D eigenvalue weighted by Gasteiger charge is 1.77. The summed E-state index contributed by atoms with van der Waals surface area (Å²) in [5.74, 6) is 0. The lowest BCUT2D eigenvalue weighted by Crippen LogP contribution is -2.22. The van der Waals surface area contributed by atoms with Crippen LogP contribution in [0.25, 0.3) is 12.2 Å². The van der Waals surface area contributed by atoms with Crippen molar-refractivity contribution in [3.63, 3.8) is 0 Å². The summed E-state index contributed by atoms with van der Waals surface area (Å²) < 4.78 is 0. The van der Waals surface area contributed by atoms with Gasteiger partial charge in [0.25, 0.3) is 0 Å². The molecule has 0 nitrogen and oxygen atoms in total. The van der Waals surface area contributed by atoms with Gasteiger partial charge in [-0.1, -0.05) is 86.2 Å². The van der Waals surface area contributed by atoms with E-state index in [2.05, 4.69) is 69.3 Å². The monoisotopic (exact) mass is 254 g/mol. The van der Waals surface area contributed by atoms with Crippen molar-refractivity contribution >= 4 is 12.2 Å². The molecule has 0 aromatic heterocycles. The van der Waals surface area contributed by atoms with E-state index in [0.29, 0.717) is 0 Å². The zero-order chi connectivity index (χ0) is 14.5. The third-order valence-corrected chi connectivity index (χ3v) is 2.56. The molecule has 0 saturated heterocycles. The Kier molecular flexibility index (Phi) is 10.2. The predicted molar refractivity (Wildman–Crippen MR) is 88.5 cm³/mol. The van der Waals surface area contributed by atoms with Gasteiger partial charge in [0.2, 0.25) is 0 Å². The molecule has 0 saturated carbocycles. The highest BCUT2D eigenvalue weighted by molar-refractivity contribution is 5.28. The molecule has 2 aromatic rings. The van der Waals surface area contributed by atoms with Crippen LogP contribution in [0, 0.1) is 6.92 Å². The minimum atomic E-state index is 1.31. The van der Waals surface area contributed by atoms with Crippen LogP contribution in [0.15, 0.2) is 54.6 Å². The van der Waals surface area contributed by atoms with E-state index in [1.54, 1.807) is 0 Å². The summed E-state index contributed by atoms with van der Waals surface area (Å²) in [6, 6.07) is 18.6. The first-order valence-electron chi connectivity index (χ1n) is 6.97. The van der Waals surface area contributed by atoms with Crippen LogP contribution in [0.3, 0.4) is 0 Å². The van der Waals surface area contributed by atoms with E-state index in [9.17, 15) is 0 Å². The van der Waals surface area contributed by atoms with E-state index in [-0.39, 0.29) is 0 Å². The normalized spacial score (nSPS) is 11.0. The summed E-state index contributed by atoms with van der Waals surface area (Å²) in [5, 5.41) is 2.62. The quantitative estimate of drug-likeness (QED) is 0.657. The molecule has 0 radical (unpaired) electrons. The van der Waals surface area contributed by atoms with Gasteiger partial charge in [-0.3, -0.25) is 0 Å². The summed E-state index contributed by atoms with van der Waals surface area (Å²) in [4.78, 5) is 0. The van der Waals surface area contributed by atoms with Crippen molar-refractivity contribution in [2.45, 2.75) is 34.6 Å². The second kappa shape index (κ2) is 11.3. The first-order chi connectivity index (χ1) is 9.27. The molecule has 0 aliphatic heterocycles. The third kappa shape index (κ3) is 7.25. The summed E-state index contributed by atoms with van der Waals surface area (Å²) in [7, 11) is 0. The Hall–Kier alpha value is -1.82. The SMILES string of the molecule is C/C=c1/cccc/c1=C/C.CC.Cc1ccccc1. The fraction of sp³-hybridized carbons (Fsp3) is 0.263. The Morgan fingerprint density at radius 3 is 1.26 bits per heavy atom. The number of aryl methyl sites for hydroxylation is 1. The van der Waals surface area contributed by atoms with Crippen LogP contribution in [-0.2, 0) is 0 Å². The van der Waals surface area contributed by atoms with Gasteiger partial charge in [-0.25, -0.2) is 0 Å². The number of hydrogen-bond donors (Lipinski definition) is 0. The molecule has 0 N–H and O–H groups in total. The second-order valence-corrected chi connectivity index (χ2v) is 3.86. The van der Waals surface area contributed by atoms with Gasteiger partial charge in [0.15, 0.2) is 0 Å². The molecule has 2 rings (SSSR count). The van der Waals surface area contributed by atoms with Gasteiger partial charge in [-0.05, 0) is 31.2 Å². The molecule has 0 heteroatoms. The Bertz CT molecular complexity index is 503. The molecular formula is C19H26. The molecule has 0 aliphatic carbocycles. The van der Waals surface area contributed by atoms with Crippen molar-refractivity contribution in [2.24, 2.45) is 0 Å². The van der Waals surface area contributed by atoms with Crippen molar-refractivity contribution < 1.29 is 0 Å². The van der Waals surface area contributed by atoms with Gasteiger partial charge in [0, 0.05) is 0 Å². The molecular weight excluding hydrogens is 228 g/mol. The molecule has 0 atom stereocenters. The first-order valence-corrected chi connectivity index (χ1v) is 6.97. The number of rotatable bonds is 0. The molecule has 0 unspecified atom stereocenters. The molecule has 0 fully saturated rings.